The molecule has 0 aliphatic rings. The zero-order chi connectivity index (χ0) is 16.2. The third kappa shape index (κ3) is 4.13. The molecule has 0 saturated carbocycles. The zero-order valence-electron chi connectivity index (χ0n) is 13.2. The number of hydrogen-bond donors (Lipinski definition) is 2. The molecule has 0 atom stereocenters. The summed E-state index contributed by atoms with van der Waals surface area (Å²) in [6.45, 7) is 4.34. The van der Waals surface area contributed by atoms with Gasteiger partial charge in [0.15, 0.2) is 0 Å². The van der Waals surface area contributed by atoms with Crippen molar-refractivity contribution in [2.75, 3.05) is 5.32 Å². The highest BCUT2D eigenvalue weighted by Crippen LogP contribution is 2.23. The number of thioether (sulfide) groups is 1. The molecular formula is C18H19N3OS. The lowest BCUT2D eigenvalue weighted by molar-refractivity contribution is -0.115. The number of rotatable bonds is 5. The second-order valence-corrected chi connectivity index (χ2v) is 7.36. The van der Waals surface area contributed by atoms with Crippen LogP contribution in [0.25, 0.3) is 10.9 Å². The number of carbonyl (C=O) groups excluding carboxylic acids is 1. The molecule has 0 spiro atoms. The minimum atomic E-state index is -0.0203. The predicted octanol–water partition coefficient (Wildman–Crippen LogP) is 4.24. The van der Waals surface area contributed by atoms with Crippen molar-refractivity contribution in [1.29, 1.82) is 0 Å². The van der Waals surface area contributed by atoms with E-state index in [0.29, 0.717) is 11.7 Å². The molecule has 0 radical (unpaired) electrons. The number of nitrogens with zero attached hydrogens (tertiary/aromatic N) is 1. The average molecular weight is 325 g/mol. The summed E-state index contributed by atoms with van der Waals surface area (Å²) in [4.78, 5) is 13.4. The highest BCUT2D eigenvalue weighted by atomic mass is 32.2. The molecule has 5 heteroatoms. The molecule has 2 aromatic carbocycles. The third-order valence-electron chi connectivity index (χ3n) is 3.39. The summed E-state index contributed by atoms with van der Waals surface area (Å²) in [5, 5.41) is 11.4. The molecule has 0 bridgehead atoms. The largest absolute Gasteiger partial charge is 0.326 e. The summed E-state index contributed by atoms with van der Waals surface area (Å²) < 4.78 is 0. The lowest BCUT2D eigenvalue weighted by atomic mass is 10.1. The van der Waals surface area contributed by atoms with Crippen molar-refractivity contribution in [2.24, 2.45) is 0 Å². The van der Waals surface area contributed by atoms with E-state index in [1.807, 2.05) is 42.1 Å². The summed E-state index contributed by atoms with van der Waals surface area (Å²) in [6, 6.07) is 13.9. The van der Waals surface area contributed by atoms with Gasteiger partial charge in [0.05, 0.1) is 18.1 Å². The minimum absolute atomic E-state index is 0.0203. The maximum absolute atomic E-state index is 12.2. The van der Waals surface area contributed by atoms with Crippen molar-refractivity contribution in [3.63, 3.8) is 0 Å². The molecule has 0 saturated heterocycles. The van der Waals surface area contributed by atoms with Crippen LogP contribution in [-0.2, 0) is 11.2 Å². The van der Waals surface area contributed by atoms with Crippen LogP contribution in [0, 0.1) is 0 Å². The number of anilines is 1. The van der Waals surface area contributed by atoms with E-state index >= 15 is 0 Å². The molecule has 0 aliphatic heterocycles. The maximum Gasteiger partial charge on any atom is 0.228 e. The summed E-state index contributed by atoms with van der Waals surface area (Å²) in [6.07, 6.45) is 2.13. The van der Waals surface area contributed by atoms with Crippen LogP contribution in [0.5, 0.6) is 0 Å². The fourth-order valence-electron chi connectivity index (χ4n) is 2.36. The SMILES string of the molecule is CC(C)Sc1ccc(CC(=O)Nc2ccc3cn[nH]c3c2)cc1. The fraction of sp³-hybridized carbons (Fsp3) is 0.222. The van der Waals surface area contributed by atoms with Gasteiger partial charge in [0.2, 0.25) is 5.91 Å². The summed E-state index contributed by atoms with van der Waals surface area (Å²) in [5.74, 6) is -0.0203. The van der Waals surface area contributed by atoms with E-state index in [1.54, 1.807) is 6.20 Å². The first-order chi connectivity index (χ1) is 11.1. The third-order valence-corrected chi connectivity index (χ3v) is 4.40. The van der Waals surface area contributed by atoms with Crippen molar-refractivity contribution in [3.05, 3.63) is 54.2 Å². The van der Waals surface area contributed by atoms with Crippen molar-refractivity contribution >= 4 is 34.3 Å². The van der Waals surface area contributed by atoms with Crippen molar-refractivity contribution < 1.29 is 4.79 Å². The Kier molecular flexibility index (Phi) is 4.67. The van der Waals surface area contributed by atoms with E-state index in [2.05, 4.69) is 41.5 Å². The van der Waals surface area contributed by atoms with Gasteiger partial charge in [-0.1, -0.05) is 26.0 Å². The average Bonchev–Trinajstić information content (AvgIpc) is 2.96. The predicted molar refractivity (Wildman–Crippen MR) is 95.9 cm³/mol. The molecule has 3 aromatic rings. The van der Waals surface area contributed by atoms with Gasteiger partial charge in [-0.3, -0.25) is 9.89 Å². The molecule has 3 rings (SSSR count). The summed E-state index contributed by atoms with van der Waals surface area (Å²) in [7, 11) is 0. The Bertz CT molecular complexity index is 809. The molecule has 4 nitrogen and oxygen atoms in total. The monoisotopic (exact) mass is 325 g/mol. The van der Waals surface area contributed by atoms with Crippen LogP contribution >= 0.6 is 11.8 Å². The van der Waals surface area contributed by atoms with Crippen molar-refractivity contribution in [1.82, 2.24) is 10.2 Å². The van der Waals surface area contributed by atoms with Crippen LogP contribution in [0.4, 0.5) is 5.69 Å². The highest BCUT2D eigenvalue weighted by molar-refractivity contribution is 7.99. The van der Waals surface area contributed by atoms with E-state index in [-0.39, 0.29) is 5.91 Å². The Balaban J connectivity index is 1.62. The zero-order valence-corrected chi connectivity index (χ0v) is 14.0. The number of carbonyl (C=O) groups is 1. The first-order valence-corrected chi connectivity index (χ1v) is 8.47. The first kappa shape index (κ1) is 15.6. The van der Waals surface area contributed by atoms with Crippen LogP contribution in [0.2, 0.25) is 0 Å². The van der Waals surface area contributed by atoms with E-state index in [4.69, 9.17) is 0 Å². The van der Waals surface area contributed by atoms with Gasteiger partial charge in [0, 0.05) is 21.2 Å². The Labute approximate surface area is 139 Å². The molecule has 0 unspecified atom stereocenters. The van der Waals surface area contributed by atoms with Crippen LogP contribution in [-0.4, -0.2) is 21.4 Å². The second kappa shape index (κ2) is 6.87. The standard InChI is InChI=1S/C18H19N3OS/c1-12(2)23-16-7-3-13(4-8-16)9-18(22)20-15-6-5-14-11-19-21-17(14)10-15/h3-8,10-12H,9H2,1-2H3,(H,19,21)(H,20,22). The second-order valence-electron chi connectivity index (χ2n) is 5.71. The molecule has 23 heavy (non-hydrogen) atoms. The summed E-state index contributed by atoms with van der Waals surface area (Å²) >= 11 is 1.82. The Hall–Kier alpha value is -2.27. The number of fused-ring (bicyclic) bond motifs is 1. The number of benzene rings is 2. The van der Waals surface area contributed by atoms with Gasteiger partial charge >= 0.3 is 0 Å². The lowest BCUT2D eigenvalue weighted by Gasteiger charge is -2.07. The van der Waals surface area contributed by atoms with E-state index in [0.717, 1.165) is 22.2 Å². The van der Waals surface area contributed by atoms with Gasteiger partial charge in [0.25, 0.3) is 0 Å². The molecule has 1 aromatic heterocycles. The number of amides is 1. The van der Waals surface area contributed by atoms with Gasteiger partial charge in [-0.25, -0.2) is 0 Å². The number of H-pyrrole nitrogens is 1. The molecule has 2 N–H and O–H groups in total. The Morgan fingerprint density at radius 2 is 2.00 bits per heavy atom. The number of hydrogen-bond acceptors (Lipinski definition) is 3. The van der Waals surface area contributed by atoms with Crippen molar-refractivity contribution in [3.8, 4) is 0 Å². The van der Waals surface area contributed by atoms with Crippen LogP contribution < -0.4 is 5.32 Å². The number of aromatic amines is 1. The fourth-order valence-corrected chi connectivity index (χ4v) is 3.20. The van der Waals surface area contributed by atoms with E-state index < -0.39 is 0 Å². The Morgan fingerprint density at radius 1 is 1.22 bits per heavy atom. The van der Waals surface area contributed by atoms with Crippen LogP contribution in [0.3, 0.4) is 0 Å². The molecule has 118 valence electrons. The van der Waals surface area contributed by atoms with Gasteiger partial charge in [-0.15, -0.1) is 11.8 Å². The molecule has 1 heterocycles. The topological polar surface area (TPSA) is 57.8 Å². The van der Waals surface area contributed by atoms with Gasteiger partial charge in [-0.2, -0.15) is 5.10 Å². The summed E-state index contributed by atoms with van der Waals surface area (Å²) in [5.41, 5.74) is 2.70. The maximum atomic E-state index is 12.2. The smallest absolute Gasteiger partial charge is 0.228 e. The van der Waals surface area contributed by atoms with Crippen LogP contribution in [0.15, 0.2) is 53.6 Å². The molecule has 1 amide bonds. The molecule has 0 fully saturated rings. The van der Waals surface area contributed by atoms with Crippen LogP contribution in [0.1, 0.15) is 19.4 Å². The van der Waals surface area contributed by atoms with Gasteiger partial charge < -0.3 is 5.32 Å². The van der Waals surface area contributed by atoms with Gasteiger partial charge in [-0.05, 0) is 35.9 Å². The first-order valence-electron chi connectivity index (χ1n) is 7.59. The van der Waals surface area contributed by atoms with E-state index in [1.165, 1.54) is 4.90 Å². The quantitative estimate of drug-likeness (QED) is 0.690. The molecule has 0 aliphatic carbocycles. The Morgan fingerprint density at radius 3 is 2.74 bits per heavy atom. The van der Waals surface area contributed by atoms with Gasteiger partial charge in [0.1, 0.15) is 0 Å². The molecular weight excluding hydrogens is 306 g/mol. The minimum Gasteiger partial charge on any atom is -0.326 e. The highest BCUT2D eigenvalue weighted by Gasteiger charge is 2.06. The normalized spacial score (nSPS) is 11.1. The van der Waals surface area contributed by atoms with E-state index in [9.17, 15) is 4.79 Å². The van der Waals surface area contributed by atoms with Crippen molar-refractivity contribution in [2.45, 2.75) is 30.4 Å². The number of nitrogens with one attached hydrogen (secondary N) is 2. The lowest BCUT2D eigenvalue weighted by Crippen LogP contribution is -2.14. The number of aromatic nitrogens is 2.